The van der Waals surface area contributed by atoms with Crippen LogP contribution in [-0.4, -0.2) is 34.5 Å². The normalized spacial score (nSPS) is 31.8. The minimum absolute atomic E-state index is 0.211. The highest BCUT2D eigenvalue weighted by Crippen LogP contribution is 2.37. The van der Waals surface area contributed by atoms with Crippen LogP contribution in [0, 0.1) is 5.82 Å². The van der Waals surface area contributed by atoms with E-state index < -0.39 is 10.8 Å². The summed E-state index contributed by atoms with van der Waals surface area (Å²) in [5.74, 6) is 0.725. The quantitative estimate of drug-likeness (QED) is 0.820. The van der Waals surface area contributed by atoms with Crippen molar-refractivity contribution in [1.82, 2.24) is 4.90 Å². The molecule has 0 saturated carbocycles. The lowest BCUT2D eigenvalue weighted by atomic mass is 9.93. The number of halogens is 1. The van der Waals surface area contributed by atoms with E-state index in [4.69, 9.17) is 0 Å². The monoisotopic (exact) mass is 267 g/mol. The second kappa shape index (κ2) is 4.74. The van der Waals surface area contributed by atoms with Gasteiger partial charge in [-0.3, -0.25) is 4.21 Å². The fourth-order valence-corrected chi connectivity index (χ4v) is 4.78. The van der Waals surface area contributed by atoms with Gasteiger partial charge >= 0.3 is 0 Å². The minimum atomic E-state index is -0.933. The van der Waals surface area contributed by atoms with E-state index in [1.54, 1.807) is 12.1 Å². The Hall–Kier alpha value is -0.740. The lowest BCUT2D eigenvalue weighted by Gasteiger charge is -2.22. The molecule has 0 amide bonds. The van der Waals surface area contributed by atoms with E-state index in [1.807, 2.05) is 0 Å². The van der Waals surface area contributed by atoms with Gasteiger partial charge in [0.05, 0.1) is 10.8 Å². The van der Waals surface area contributed by atoms with Crippen LogP contribution in [0.3, 0.4) is 0 Å². The lowest BCUT2D eigenvalue weighted by Crippen LogP contribution is -2.27. The summed E-state index contributed by atoms with van der Waals surface area (Å²) >= 11 is 0. The number of hydrogen-bond donors (Lipinski definition) is 0. The van der Waals surface area contributed by atoms with Crippen LogP contribution < -0.4 is 0 Å². The van der Waals surface area contributed by atoms with Crippen LogP contribution in [0.15, 0.2) is 23.1 Å². The molecule has 2 aliphatic rings. The molecule has 0 bridgehead atoms. The van der Waals surface area contributed by atoms with Crippen molar-refractivity contribution < 1.29 is 8.60 Å². The first-order valence-corrected chi connectivity index (χ1v) is 7.85. The summed E-state index contributed by atoms with van der Waals surface area (Å²) in [4.78, 5) is 3.22. The summed E-state index contributed by atoms with van der Waals surface area (Å²) in [6, 6.07) is 5.26. The summed E-state index contributed by atoms with van der Waals surface area (Å²) in [7, 11) is 1.22. The van der Waals surface area contributed by atoms with Gasteiger partial charge in [-0.25, -0.2) is 4.39 Å². The second-order valence-corrected chi connectivity index (χ2v) is 6.87. The van der Waals surface area contributed by atoms with Crippen LogP contribution >= 0.6 is 0 Å². The average molecular weight is 267 g/mol. The Morgan fingerprint density at radius 3 is 3.06 bits per heavy atom. The Morgan fingerprint density at radius 2 is 2.33 bits per heavy atom. The minimum Gasteiger partial charge on any atom is -0.303 e. The molecule has 2 nitrogen and oxygen atoms in total. The molecular formula is C14H18FNOS. The van der Waals surface area contributed by atoms with Crippen molar-refractivity contribution in [3.05, 3.63) is 29.6 Å². The number of rotatable bonds is 2. The summed E-state index contributed by atoms with van der Waals surface area (Å²) in [5, 5.41) is 0. The third-order valence-electron chi connectivity index (χ3n) is 4.24. The molecule has 0 aliphatic carbocycles. The largest absolute Gasteiger partial charge is 0.303 e. The van der Waals surface area contributed by atoms with Crippen molar-refractivity contribution >= 4 is 10.8 Å². The number of fused-ring (bicyclic) bond motifs is 1. The molecule has 0 spiro atoms. The molecular weight excluding hydrogens is 249 g/mol. The Bertz CT molecular complexity index is 491. The van der Waals surface area contributed by atoms with Crippen LogP contribution in [0.25, 0.3) is 0 Å². The summed E-state index contributed by atoms with van der Waals surface area (Å²) in [5.41, 5.74) is 0.980. The Morgan fingerprint density at radius 1 is 1.50 bits per heavy atom. The zero-order valence-electron chi connectivity index (χ0n) is 10.6. The molecule has 0 aromatic heterocycles. The van der Waals surface area contributed by atoms with Crippen molar-refractivity contribution in [2.75, 3.05) is 19.3 Å². The smallest absolute Gasteiger partial charge is 0.123 e. The molecule has 1 saturated heterocycles. The maximum Gasteiger partial charge on any atom is 0.123 e. The number of nitrogens with zero attached hydrogens (tertiary/aromatic N) is 1. The highest BCUT2D eigenvalue weighted by Gasteiger charge is 2.32. The van der Waals surface area contributed by atoms with Crippen molar-refractivity contribution in [2.45, 2.75) is 36.1 Å². The lowest BCUT2D eigenvalue weighted by molar-refractivity contribution is 0.286. The van der Waals surface area contributed by atoms with Crippen LogP contribution in [0.2, 0.25) is 0 Å². The average Bonchev–Trinajstić information content (AvgIpc) is 2.86. The molecule has 3 rings (SSSR count). The topological polar surface area (TPSA) is 20.3 Å². The number of hydrogen-bond acceptors (Lipinski definition) is 2. The SMILES string of the molecule is CN1CCC[C@@H]1C[C@H]1CS(=O)c2ccc(F)cc21. The molecule has 1 aromatic carbocycles. The van der Waals surface area contributed by atoms with Gasteiger partial charge in [-0.05, 0) is 62.5 Å². The van der Waals surface area contributed by atoms with Crippen LogP contribution in [0.5, 0.6) is 0 Å². The molecule has 18 heavy (non-hydrogen) atoms. The first kappa shape index (κ1) is 12.3. The van der Waals surface area contributed by atoms with Crippen LogP contribution in [-0.2, 0) is 10.8 Å². The molecule has 1 aromatic rings. The van der Waals surface area contributed by atoms with E-state index in [0.29, 0.717) is 11.8 Å². The number of benzene rings is 1. The van der Waals surface area contributed by atoms with Crippen molar-refractivity contribution in [3.8, 4) is 0 Å². The first-order valence-electron chi connectivity index (χ1n) is 6.53. The third-order valence-corrected chi connectivity index (χ3v) is 5.81. The highest BCUT2D eigenvalue weighted by atomic mass is 32.2. The summed E-state index contributed by atoms with van der Waals surface area (Å²) < 4.78 is 25.4. The predicted octanol–water partition coefficient (Wildman–Crippen LogP) is 2.51. The molecule has 1 fully saturated rings. The van der Waals surface area contributed by atoms with E-state index in [1.165, 1.54) is 18.9 Å². The predicted molar refractivity (Wildman–Crippen MR) is 70.7 cm³/mol. The molecule has 0 radical (unpaired) electrons. The maximum absolute atomic E-state index is 13.3. The highest BCUT2D eigenvalue weighted by molar-refractivity contribution is 7.85. The molecule has 2 aliphatic heterocycles. The maximum atomic E-state index is 13.3. The zero-order valence-corrected chi connectivity index (χ0v) is 11.4. The van der Waals surface area contributed by atoms with Crippen molar-refractivity contribution in [2.24, 2.45) is 0 Å². The van der Waals surface area contributed by atoms with Crippen LogP contribution in [0.1, 0.15) is 30.7 Å². The Kier molecular flexibility index (Phi) is 3.24. The van der Waals surface area contributed by atoms with E-state index in [2.05, 4.69) is 11.9 Å². The van der Waals surface area contributed by atoms with Gasteiger partial charge in [-0.1, -0.05) is 0 Å². The first-order chi connectivity index (χ1) is 8.65. The van der Waals surface area contributed by atoms with Gasteiger partial charge in [0, 0.05) is 16.7 Å². The van der Waals surface area contributed by atoms with Gasteiger partial charge in [-0.2, -0.15) is 0 Å². The molecule has 2 heterocycles. The van der Waals surface area contributed by atoms with Crippen molar-refractivity contribution in [3.63, 3.8) is 0 Å². The van der Waals surface area contributed by atoms with Crippen molar-refractivity contribution in [1.29, 1.82) is 0 Å². The Balaban J connectivity index is 1.83. The van der Waals surface area contributed by atoms with E-state index >= 15 is 0 Å². The van der Waals surface area contributed by atoms with Gasteiger partial charge in [0.15, 0.2) is 0 Å². The Labute approximate surface area is 110 Å². The standard InChI is InChI=1S/C14H18FNOS/c1-16-6-2-3-12(16)7-10-9-18(17)14-5-4-11(15)8-13(10)14/h4-5,8,10,12H,2-3,6-7,9H2,1H3/t10-,12+,18?/m0/s1. The van der Waals surface area contributed by atoms with Gasteiger partial charge in [0.1, 0.15) is 5.82 Å². The summed E-state index contributed by atoms with van der Waals surface area (Å²) in [6.45, 7) is 1.15. The van der Waals surface area contributed by atoms with Gasteiger partial charge in [0.2, 0.25) is 0 Å². The van der Waals surface area contributed by atoms with E-state index in [0.717, 1.165) is 23.4 Å². The third kappa shape index (κ3) is 2.12. The molecule has 3 atom stereocenters. The molecule has 4 heteroatoms. The fraction of sp³-hybridized carbons (Fsp3) is 0.571. The van der Waals surface area contributed by atoms with Gasteiger partial charge < -0.3 is 4.90 Å². The van der Waals surface area contributed by atoms with Gasteiger partial charge in [-0.15, -0.1) is 0 Å². The van der Waals surface area contributed by atoms with E-state index in [-0.39, 0.29) is 11.7 Å². The molecule has 1 unspecified atom stereocenters. The fourth-order valence-electron chi connectivity index (χ4n) is 3.21. The molecule has 0 N–H and O–H groups in total. The molecule has 98 valence electrons. The van der Waals surface area contributed by atoms with Crippen LogP contribution in [0.4, 0.5) is 4.39 Å². The second-order valence-electron chi connectivity index (χ2n) is 5.40. The summed E-state index contributed by atoms with van der Waals surface area (Å²) in [6.07, 6.45) is 3.47. The zero-order chi connectivity index (χ0) is 12.7. The van der Waals surface area contributed by atoms with Gasteiger partial charge in [0.25, 0.3) is 0 Å². The number of likely N-dealkylation sites (tertiary alicyclic amines) is 1. The van der Waals surface area contributed by atoms with E-state index in [9.17, 15) is 8.60 Å².